The Labute approximate surface area is 563 Å². The van der Waals surface area contributed by atoms with Gasteiger partial charge in [-0.15, -0.1) is 68.0 Å². The number of aliphatic carboxylic acids is 2. The first-order valence-electron chi connectivity index (χ1n) is 30.3. The molecule has 10 bridgehead atoms. The lowest BCUT2D eigenvalue weighted by atomic mass is 9.87. The van der Waals surface area contributed by atoms with Gasteiger partial charge in [0.2, 0.25) is 11.8 Å². The third-order valence-electron chi connectivity index (χ3n) is 15.9. The third-order valence-corrected chi connectivity index (χ3v) is 21.7. The molecule has 1 fully saturated rings. The van der Waals surface area contributed by atoms with Crippen LogP contribution in [-0.4, -0.2) is 131 Å². The van der Waals surface area contributed by atoms with Crippen molar-refractivity contribution in [1.82, 2.24) is 56.2 Å². The molecule has 1 aliphatic heterocycles. The van der Waals surface area contributed by atoms with Crippen molar-refractivity contribution >= 4 is 121 Å². The average Bonchev–Trinajstić information content (AvgIpc) is 1.62. The molecule has 5 amide bonds. The number of Topliss-reactive ketones (excluding diaryl/α,β-unsaturated/α-hetero) is 1. The van der Waals surface area contributed by atoms with E-state index in [9.17, 15) is 53.7 Å². The van der Waals surface area contributed by atoms with Gasteiger partial charge < -0.3 is 46.1 Å². The van der Waals surface area contributed by atoms with Crippen LogP contribution in [0.15, 0.2) is 64.0 Å². The number of carboxylic acids is 2. The molecule has 0 saturated heterocycles. The Morgan fingerprint density at radius 3 is 2.15 bits per heavy atom. The predicted octanol–water partition coefficient (Wildman–Crippen LogP) is 10.8. The zero-order chi connectivity index (χ0) is 66.7. The number of pyridine rings is 1. The van der Waals surface area contributed by atoms with Gasteiger partial charge in [0.25, 0.3) is 11.8 Å². The summed E-state index contributed by atoms with van der Waals surface area (Å²) < 4.78 is 11.5. The second kappa shape index (κ2) is 31.4. The van der Waals surface area contributed by atoms with E-state index >= 15 is 0 Å². The third kappa shape index (κ3) is 16.7. The second-order valence-electron chi connectivity index (χ2n) is 22.8. The minimum absolute atomic E-state index is 0.0104. The van der Waals surface area contributed by atoms with Gasteiger partial charge in [-0.25, -0.2) is 39.7 Å². The number of ketones is 1. The molecule has 0 spiro atoms. The molecule has 1 aliphatic carbocycles. The molecule has 2 aliphatic rings. The maximum Gasteiger partial charge on any atom is 0.415 e. The number of aromatic nitrogens is 7. The number of carbonyl (C=O) groups is 8. The molecule has 10 rings (SSSR count). The number of amides is 5. The lowest BCUT2D eigenvalue weighted by molar-refractivity contribution is -0.143. The highest BCUT2D eigenvalue weighted by Gasteiger charge is 2.35. The summed E-state index contributed by atoms with van der Waals surface area (Å²) in [5, 5.41) is 51.1. The summed E-state index contributed by atoms with van der Waals surface area (Å²) >= 11 is 7.20. The highest BCUT2D eigenvalue weighted by molar-refractivity contribution is 7.15. The van der Waals surface area contributed by atoms with Gasteiger partial charge in [0.1, 0.15) is 83.3 Å². The standard InChI is InChI=1S/C63H68N12O13S6/c1-31(2)37-23-43(76)49-32(3)93-60(73-49)39(24-46(77)64-4)67-54(82)41-28-89-56(69-41)36-20-21-38(58-71-45(30-92-58)75(22-12-7-6-11-15-48(79)80)63(86)88-35-18-16-34(17-19-35)62(84)85)66-50(36)40-27-90-59(68-40)42-29-91-61(70-42)52(53(81)33-13-9-8-10-14-33)72-47(78)25-65-55(83)51-44(26-87-5)94-57(37)74-51/h8-10,13-14,20-21,27-31,34-35,37,39,52-53,81H,6-7,11-12,15-19,22-26H2,1-5H3,(H,64,77)(H,65,83)(H,67,82)(H,72,78)(H,79,80)(H,84,85)/t34?,35?,37-,39-,52-,53-/m0/s1. The molecule has 1 saturated carbocycles. The van der Waals surface area contributed by atoms with Crippen molar-refractivity contribution < 1.29 is 63.1 Å². The quantitative estimate of drug-likeness (QED) is 0.0392. The first kappa shape index (κ1) is 68.7. The Bertz CT molecular complexity index is 4060. The van der Waals surface area contributed by atoms with E-state index in [0.717, 1.165) is 11.3 Å². The van der Waals surface area contributed by atoms with Crippen molar-refractivity contribution in [3.8, 4) is 43.4 Å². The Morgan fingerprint density at radius 2 is 1.41 bits per heavy atom. The van der Waals surface area contributed by atoms with Crippen molar-refractivity contribution in [2.45, 2.75) is 128 Å². The molecule has 4 atom stereocenters. The number of benzene rings is 1. The first-order chi connectivity index (χ1) is 45.2. The molecule has 94 heavy (non-hydrogen) atoms. The number of hydrogen-bond donors (Lipinski definition) is 7. The van der Waals surface area contributed by atoms with Gasteiger partial charge in [0.05, 0.1) is 47.1 Å². The fraction of sp³-hybridized carbons (Fsp3) is 0.413. The molecular formula is C63H68N12O13S6. The molecule has 7 N–H and O–H groups in total. The van der Waals surface area contributed by atoms with E-state index in [1.807, 2.05) is 13.8 Å². The van der Waals surface area contributed by atoms with Crippen molar-refractivity contribution in [3.63, 3.8) is 0 Å². The first-order valence-corrected chi connectivity index (χ1v) is 35.5. The van der Waals surface area contributed by atoms with Crippen molar-refractivity contribution in [2.24, 2.45) is 11.8 Å². The Morgan fingerprint density at radius 1 is 0.713 bits per heavy atom. The van der Waals surface area contributed by atoms with Crippen LogP contribution in [0.1, 0.15) is 170 Å². The number of carbonyl (C=O) groups excluding carboxylic acids is 6. The summed E-state index contributed by atoms with van der Waals surface area (Å²) in [6.45, 7) is 5.31. The fourth-order valence-electron chi connectivity index (χ4n) is 10.8. The smallest absolute Gasteiger partial charge is 0.415 e. The van der Waals surface area contributed by atoms with E-state index < -0.39 is 84.3 Å². The maximum absolute atomic E-state index is 14.5. The molecule has 7 aromatic heterocycles. The van der Waals surface area contributed by atoms with Crippen LogP contribution >= 0.6 is 68.0 Å². The summed E-state index contributed by atoms with van der Waals surface area (Å²) in [5.41, 5.74) is 2.65. The number of aliphatic hydroxyl groups excluding tert-OH is 1. The SMILES string of the molecule is CNC(=O)C[C@@H]1NC(=O)c2csc(n2)-c2ccc(-c3nc(N(CCCCCCC(=O)O)C(=O)OC4CCC(C(=O)O)CC4)cs3)nc2-c2csc(n2)-c2csc(n2)[C@H]([C@@H](O)c2ccccc2)NC(=O)CNC(=O)c2nc(sc2COC)[C@H](C(C)C)CC(=O)c2nc1sc2C. The number of aliphatic hydroxyl groups is 1. The van der Waals surface area contributed by atoms with Gasteiger partial charge in [-0.1, -0.05) is 57.0 Å². The van der Waals surface area contributed by atoms with Gasteiger partial charge in [0, 0.05) is 71.4 Å². The molecule has 8 heterocycles. The largest absolute Gasteiger partial charge is 0.481 e. The number of ether oxygens (including phenoxy) is 2. The monoisotopic (exact) mass is 1390 g/mol. The van der Waals surface area contributed by atoms with Crippen LogP contribution in [0.4, 0.5) is 10.6 Å². The van der Waals surface area contributed by atoms with Gasteiger partial charge in [0.15, 0.2) is 5.78 Å². The molecule has 8 aromatic rings. The second-order valence-corrected chi connectivity index (χ2v) is 28.6. The van der Waals surface area contributed by atoms with Crippen molar-refractivity contribution in [1.29, 1.82) is 0 Å². The Hall–Kier alpha value is -8.17. The number of rotatable bonds is 18. The Kier molecular flexibility index (Phi) is 22.9. The number of hydrogen-bond acceptors (Lipinski definition) is 24. The number of aryl methyl sites for hydroxylation is 1. The zero-order valence-corrected chi connectivity index (χ0v) is 56.6. The van der Waals surface area contributed by atoms with Crippen LogP contribution in [0.2, 0.25) is 0 Å². The van der Waals surface area contributed by atoms with Crippen LogP contribution in [0.5, 0.6) is 0 Å². The van der Waals surface area contributed by atoms with Gasteiger partial charge in [-0.3, -0.25) is 38.5 Å². The summed E-state index contributed by atoms with van der Waals surface area (Å²) in [6.07, 6.45) is 1.07. The van der Waals surface area contributed by atoms with Crippen LogP contribution < -0.4 is 26.2 Å². The summed E-state index contributed by atoms with van der Waals surface area (Å²) in [4.78, 5) is 144. The number of unbranched alkanes of at least 4 members (excludes halogenated alkanes) is 3. The molecule has 0 unspecified atom stereocenters. The molecule has 494 valence electrons. The van der Waals surface area contributed by atoms with E-state index in [0.29, 0.717) is 125 Å². The normalized spacial score (nSPS) is 18.4. The molecule has 1 aromatic carbocycles. The van der Waals surface area contributed by atoms with E-state index in [2.05, 4.69) is 21.3 Å². The number of fused-ring (bicyclic) bond motifs is 14. The predicted molar refractivity (Wildman–Crippen MR) is 356 cm³/mol. The average molecular weight is 1390 g/mol. The number of anilines is 1. The van der Waals surface area contributed by atoms with Crippen LogP contribution in [0.3, 0.4) is 0 Å². The van der Waals surface area contributed by atoms with E-state index in [1.54, 1.807) is 70.9 Å². The zero-order valence-electron chi connectivity index (χ0n) is 51.7. The van der Waals surface area contributed by atoms with E-state index in [1.165, 1.54) is 75.7 Å². The Balaban J connectivity index is 1.03. The van der Waals surface area contributed by atoms with Gasteiger partial charge >= 0.3 is 18.0 Å². The number of thiazole rings is 6. The highest BCUT2D eigenvalue weighted by atomic mass is 32.1. The number of carboxylic acid groups (broad SMARTS) is 2. The molecule has 25 nitrogen and oxygen atoms in total. The topological polar surface area (TPSA) is 357 Å². The number of nitrogens with zero attached hydrogens (tertiary/aromatic N) is 8. The van der Waals surface area contributed by atoms with Crippen LogP contribution in [0, 0.1) is 18.8 Å². The molecule has 31 heteroatoms. The van der Waals surface area contributed by atoms with Crippen LogP contribution in [-0.2, 0) is 35.3 Å². The van der Waals surface area contributed by atoms with Crippen molar-refractivity contribution in [2.75, 3.05) is 32.1 Å². The van der Waals surface area contributed by atoms with Gasteiger partial charge in [-0.2, -0.15) is 0 Å². The van der Waals surface area contributed by atoms with E-state index in [4.69, 9.17) is 44.4 Å². The van der Waals surface area contributed by atoms with Gasteiger partial charge in [-0.05, 0) is 69.1 Å². The summed E-state index contributed by atoms with van der Waals surface area (Å²) in [6, 6.07) is 10.2. The minimum atomic E-state index is -1.30. The number of nitrogens with one attached hydrogen (secondary N) is 4. The van der Waals surface area contributed by atoms with E-state index in [-0.39, 0.29) is 67.0 Å². The summed E-state index contributed by atoms with van der Waals surface area (Å²) in [5.74, 6) is -5.30. The van der Waals surface area contributed by atoms with Crippen molar-refractivity contribution in [3.05, 3.63) is 111 Å². The van der Waals surface area contributed by atoms with Crippen LogP contribution in [0.25, 0.3) is 43.4 Å². The maximum atomic E-state index is 14.5. The fourth-order valence-corrected chi connectivity index (χ4v) is 16.4. The lowest BCUT2D eigenvalue weighted by Gasteiger charge is -2.28. The minimum Gasteiger partial charge on any atom is -0.481 e. The molecular weight excluding hydrogens is 1330 g/mol. The lowest BCUT2D eigenvalue weighted by Crippen LogP contribution is -2.40. The molecule has 0 radical (unpaired) electrons. The summed E-state index contributed by atoms with van der Waals surface area (Å²) in [7, 11) is 2.95. The number of methoxy groups -OCH3 is 1. The highest BCUT2D eigenvalue weighted by Crippen LogP contribution is 2.41.